The molecule has 0 spiro atoms. The molecular weight excluding hydrogens is 791 g/mol. The van der Waals surface area contributed by atoms with Crippen molar-refractivity contribution in [3.8, 4) is 17.3 Å². The Kier molecular flexibility index (Phi) is 6.59. The van der Waals surface area contributed by atoms with Gasteiger partial charge in [0.1, 0.15) is 23.5 Å². The molecule has 1 atom stereocenters. The van der Waals surface area contributed by atoms with Crippen LogP contribution in [-0.4, -0.2) is 18.9 Å². The van der Waals surface area contributed by atoms with Crippen molar-refractivity contribution in [1.29, 1.82) is 0 Å². The maximum Gasteiger partial charge on any atom is 2.00 e. The molecule has 0 aliphatic carbocycles. The molecule has 0 bridgehead atoms. The number of aromatic nitrogens is 4. The summed E-state index contributed by atoms with van der Waals surface area (Å²) in [5, 5.41) is 4.87. The number of imidazole rings is 1. The van der Waals surface area contributed by atoms with Gasteiger partial charge in [-0.2, -0.15) is 18.2 Å². The smallest absolute Gasteiger partial charge is 0.457 e. The van der Waals surface area contributed by atoms with Crippen LogP contribution in [0.3, 0.4) is 0 Å². The van der Waals surface area contributed by atoms with Crippen LogP contribution in [0.25, 0.3) is 54.9 Å². The second-order valence-electron chi connectivity index (χ2n) is 13.0. The summed E-state index contributed by atoms with van der Waals surface area (Å²) in [5.74, 6) is 2.42. The summed E-state index contributed by atoms with van der Waals surface area (Å²) in [4.78, 5) is 9.35. The van der Waals surface area contributed by atoms with Gasteiger partial charge in [-0.15, -0.1) is 29.1 Å². The first kappa shape index (κ1) is 29.8. The second kappa shape index (κ2) is 10.8. The number of pyridine rings is 2. The van der Waals surface area contributed by atoms with Crippen molar-refractivity contribution in [2.24, 2.45) is 0 Å². The SMILES string of the molecule is CC1(C)c2ccccc2Oc2ccc3c(c21)c1ccc(C(F)c2[c-]c4c(cc2)c2ccccc2n2ccnc42)[c-]c1n3-c1ccccn1.[Pt+2]. The molecule has 0 fully saturated rings. The van der Waals surface area contributed by atoms with Crippen LogP contribution in [0, 0.1) is 12.1 Å². The minimum atomic E-state index is -1.46. The molecule has 1 aliphatic rings. The summed E-state index contributed by atoms with van der Waals surface area (Å²) in [6.07, 6.45) is 4.03. The number of benzene rings is 5. The molecule has 5 heterocycles. The minimum Gasteiger partial charge on any atom is -0.457 e. The van der Waals surface area contributed by atoms with Crippen LogP contribution in [0.5, 0.6) is 11.5 Å². The number of hydrogen-bond donors (Lipinski definition) is 0. The fourth-order valence-electron chi connectivity index (χ4n) is 7.75. The third kappa shape index (κ3) is 4.20. The summed E-state index contributed by atoms with van der Waals surface area (Å²) in [7, 11) is 0. The molecular formula is C42H27FN4OPt. The number of halogens is 1. The molecule has 0 saturated heterocycles. The standard InChI is InChI=1S/C42H27FN4O.Pt/c1-42(2)31-10-4-6-12-35(31)48-36-19-18-33-38(39(36)42)29-17-15-26(24-34(29)47(33)37-13-7-8-20-44-37)40(43)25-14-16-27-28-9-3-5-11-32(28)46-22-21-45-41(46)30(27)23-25;/h3-22,40H,1-2H3;/q-2;+2. The predicted octanol–water partition coefficient (Wildman–Crippen LogP) is 10.2. The molecule has 238 valence electrons. The zero-order chi connectivity index (χ0) is 32.1. The van der Waals surface area contributed by atoms with Gasteiger partial charge in [0.2, 0.25) is 0 Å². The van der Waals surface area contributed by atoms with Gasteiger partial charge in [-0.25, -0.2) is 9.37 Å². The van der Waals surface area contributed by atoms with E-state index in [1.165, 1.54) is 0 Å². The number of rotatable bonds is 3. The first-order chi connectivity index (χ1) is 23.5. The molecule has 0 amide bonds. The zero-order valence-corrected chi connectivity index (χ0v) is 28.8. The van der Waals surface area contributed by atoms with Crippen LogP contribution < -0.4 is 4.74 Å². The van der Waals surface area contributed by atoms with E-state index in [1.54, 1.807) is 12.4 Å². The molecule has 49 heavy (non-hydrogen) atoms. The Balaban J connectivity index is 0.00000325. The van der Waals surface area contributed by atoms with Crippen LogP contribution >= 0.6 is 0 Å². The summed E-state index contributed by atoms with van der Waals surface area (Å²) < 4.78 is 27.4. The van der Waals surface area contributed by atoms with Gasteiger partial charge >= 0.3 is 21.1 Å². The van der Waals surface area contributed by atoms with Gasteiger partial charge in [0.15, 0.2) is 0 Å². The Morgan fingerprint density at radius 2 is 1.49 bits per heavy atom. The second-order valence-corrected chi connectivity index (χ2v) is 13.0. The van der Waals surface area contributed by atoms with Gasteiger partial charge in [-0.05, 0) is 47.2 Å². The number of nitrogens with zero attached hydrogens (tertiary/aromatic N) is 4. The molecule has 7 heteroatoms. The largest absolute Gasteiger partial charge is 2.00 e. The van der Waals surface area contributed by atoms with E-state index >= 15 is 4.39 Å². The molecule has 5 aromatic carbocycles. The van der Waals surface area contributed by atoms with Crippen molar-refractivity contribution in [2.45, 2.75) is 25.4 Å². The maximum atomic E-state index is 16.8. The topological polar surface area (TPSA) is 44.4 Å². The average molecular weight is 818 g/mol. The molecule has 0 N–H and O–H groups in total. The van der Waals surface area contributed by atoms with Crippen LogP contribution in [0.4, 0.5) is 4.39 Å². The normalized spacial score (nSPS) is 14.1. The molecule has 1 aliphatic heterocycles. The van der Waals surface area contributed by atoms with Gasteiger partial charge in [0.25, 0.3) is 0 Å². The maximum absolute atomic E-state index is 16.8. The van der Waals surface area contributed by atoms with Gasteiger partial charge in [-0.3, -0.25) is 4.98 Å². The third-order valence-corrected chi connectivity index (χ3v) is 9.94. The van der Waals surface area contributed by atoms with Gasteiger partial charge < -0.3 is 13.7 Å². The molecule has 1 unspecified atom stereocenters. The minimum absolute atomic E-state index is 0. The molecule has 9 aromatic rings. The Morgan fingerprint density at radius 3 is 2.35 bits per heavy atom. The van der Waals surface area contributed by atoms with Gasteiger partial charge in [0.05, 0.1) is 5.65 Å². The number of fused-ring (bicyclic) bond motifs is 12. The number of alkyl halides is 1. The third-order valence-electron chi connectivity index (χ3n) is 9.94. The first-order valence-electron chi connectivity index (χ1n) is 16.1. The van der Waals surface area contributed by atoms with Crippen molar-refractivity contribution in [1.82, 2.24) is 18.9 Å². The summed E-state index contributed by atoms with van der Waals surface area (Å²) >= 11 is 0. The van der Waals surface area contributed by atoms with Crippen molar-refractivity contribution >= 4 is 49.1 Å². The van der Waals surface area contributed by atoms with Crippen molar-refractivity contribution in [2.75, 3.05) is 0 Å². The molecule has 0 saturated carbocycles. The van der Waals surface area contributed by atoms with Crippen LogP contribution in [0.2, 0.25) is 0 Å². The van der Waals surface area contributed by atoms with E-state index in [0.717, 1.165) is 77.6 Å². The zero-order valence-electron chi connectivity index (χ0n) is 26.5. The predicted molar refractivity (Wildman–Crippen MR) is 188 cm³/mol. The number of para-hydroxylation sites is 2. The van der Waals surface area contributed by atoms with E-state index in [2.05, 4.69) is 65.9 Å². The van der Waals surface area contributed by atoms with Crippen LogP contribution in [0.1, 0.15) is 42.3 Å². The van der Waals surface area contributed by atoms with E-state index < -0.39 is 6.17 Å². The average Bonchev–Trinajstić information content (AvgIpc) is 3.75. The van der Waals surface area contributed by atoms with Crippen molar-refractivity contribution in [3.63, 3.8) is 0 Å². The van der Waals surface area contributed by atoms with E-state index in [-0.39, 0.29) is 26.5 Å². The molecule has 10 rings (SSSR count). The number of hydrogen-bond acceptors (Lipinski definition) is 3. The van der Waals surface area contributed by atoms with Gasteiger partial charge in [0, 0.05) is 46.2 Å². The Bertz CT molecular complexity index is 2770. The Morgan fingerprint density at radius 1 is 0.714 bits per heavy atom. The number of ether oxygens (including phenoxy) is 1. The van der Waals surface area contributed by atoms with Crippen molar-refractivity contribution < 1.29 is 30.2 Å². The Labute approximate surface area is 295 Å². The van der Waals surface area contributed by atoms with Crippen LogP contribution in [-0.2, 0) is 26.5 Å². The molecule has 4 aromatic heterocycles. The van der Waals surface area contributed by atoms with Gasteiger partial charge in [-0.1, -0.05) is 78.2 Å². The van der Waals surface area contributed by atoms with Crippen molar-refractivity contribution in [3.05, 3.63) is 156 Å². The van der Waals surface area contributed by atoms with Crippen LogP contribution in [0.15, 0.2) is 122 Å². The quantitative estimate of drug-likeness (QED) is 0.132. The van der Waals surface area contributed by atoms with E-state index in [1.807, 2.05) is 83.4 Å². The molecule has 5 nitrogen and oxygen atoms in total. The van der Waals surface area contributed by atoms with E-state index in [4.69, 9.17) is 9.72 Å². The summed E-state index contributed by atoms with van der Waals surface area (Å²) in [6.45, 7) is 4.48. The Hall–Kier alpha value is -5.32. The van der Waals surface area contributed by atoms with E-state index in [9.17, 15) is 0 Å². The fourth-order valence-corrected chi connectivity index (χ4v) is 7.75. The fraction of sp³-hybridized carbons (Fsp3) is 0.0952. The molecule has 0 radical (unpaired) electrons. The summed E-state index contributed by atoms with van der Waals surface area (Å²) in [6, 6.07) is 41.0. The van der Waals surface area contributed by atoms with E-state index in [0.29, 0.717) is 11.1 Å². The monoisotopic (exact) mass is 817 g/mol. The summed E-state index contributed by atoms with van der Waals surface area (Å²) in [5.41, 5.74) is 6.25. The first-order valence-corrected chi connectivity index (χ1v) is 16.1.